The van der Waals surface area contributed by atoms with Gasteiger partial charge in [-0.15, -0.1) is 10.2 Å². The van der Waals surface area contributed by atoms with Gasteiger partial charge < -0.3 is 10.6 Å². The molecule has 0 saturated heterocycles. The maximum absolute atomic E-state index is 4.54. The van der Waals surface area contributed by atoms with Gasteiger partial charge in [-0.3, -0.25) is 0 Å². The van der Waals surface area contributed by atoms with Crippen LogP contribution < -0.4 is 10.6 Å². The third kappa shape index (κ3) is 7.66. The summed E-state index contributed by atoms with van der Waals surface area (Å²) in [7, 11) is 0. The fourth-order valence-corrected chi connectivity index (χ4v) is 5.68. The zero-order chi connectivity index (χ0) is 29.0. The van der Waals surface area contributed by atoms with Gasteiger partial charge in [-0.05, 0) is 74.2 Å². The van der Waals surface area contributed by atoms with Crippen LogP contribution >= 0.6 is 0 Å². The molecule has 0 aliphatic rings. The van der Waals surface area contributed by atoms with Gasteiger partial charge in [0.2, 0.25) is 0 Å². The van der Waals surface area contributed by atoms with Crippen LogP contribution in [0.1, 0.15) is 103 Å². The van der Waals surface area contributed by atoms with E-state index in [0.717, 1.165) is 59.1 Å². The number of aromatic nitrogens is 6. The van der Waals surface area contributed by atoms with Crippen LogP contribution in [0.3, 0.4) is 0 Å². The standard InChI is InChI=1S/C34H46N8/c1-3-5-7-9-11-21-33(41-31-19-15-13-17-29(31)37-39-41)35-27-23-25-28(26-24-27)36-34(22-12-10-8-6-4-2)42-32-20-16-14-18-30(32)38-40-42/h13-20,23-26,33-36H,3-12,21-22H2,1-2H3/t33-,34-/m0/s1. The van der Waals surface area contributed by atoms with Gasteiger partial charge in [0.15, 0.2) is 0 Å². The summed E-state index contributed by atoms with van der Waals surface area (Å²) < 4.78 is 4.09. The lowest BCUT2D eigenvalue weighted by Gasteiger charge is -2.23. The summed E-state index contributed by atoms with van der Waals surface area (Å²) in [4.78, 5) is 0. The van der Waals surface area contributed by atoms with Crippen molar-refractivity contribution in [2.24, 2.45) is 0 Å². The van der Waals surface area contributed by atoms with Crippen molar-refractivity contribution in [3.63, 3.8) is 0 Å². The van der Waals surface area contributed by atoms with Crippen molar-refractivity contribution < 1.29 is 0 Å². The minimum Gasteiger partial charge on any atom is -0.364 e. The highest BCUT2D eigenvalue weighted by molar-refractivity contribution is 5.75. The number of anilines is 2. The molecule has 42 heavy (non-hydrogen) atoms. The van der Waals surface area contributed by atoms with E-state index in [4.69, 9.17) is 0 Å². The van der Waals surface area contributed by atoms with Crippen molar-refractivity contribution in [3.8, 4) is 0 Å². The average molecular weight is 567 g/mol. The van der Waals surface area contributed by atoms with Crippen LogP contribution in [0.4, 0.5) is 11.4 Å². The van der Waals surface area contributed by atoms with Crippen molar-refractivity contribution in [3.05, 3.63) is 72.8 Å². The van der Waals surface area contributed by atoms with Crippen LogP contribution in [0.25, 0.3) is 22.1 Å². The van der Waals surface area contributed by atoms with Gasteiger partial charge in [0, 0.05) is 11.4 Å². The number of unbranched alkanes of at least 4 members (excludes halogenated alkanes) is 8. The van der Waals surface area contributed by atoms with E-state index in [1.165, 1.54) is 51.4 Å². The maximum Gasteiger partial charge on any atom is 0.123 e. The molecule has 222 valence electrons. The summed E-state index contributed by atoms with van der Waals surface area (Å²) >= 11 is 0. The molecule has 2 aromatic heterocycles. The first-order chi connectivity index (χ1) is 20.8. The molecule has 0 radical (unpaired) electrons. The molecule has 8 nitrogen and oxygen atoms in total. The normalized spacial score (nSPS) is 13.0. The molecule has 2 heterocycles. The van der Waals surface area contributed by atoms with Gasteiger partial charge in [-0.25, -0.2) is 9.36 Å². The lowest BCUT2D eigenvalue weighted by molar-refractivity contribution is 0.444. The average Bonchev–Trinajstić information content (AvgIpc) is 3.65. The first-order valence-corrected chi connectivity index (χ1v) is 16.0. The molecule has 2 N–H and O–H groups in total. The van der Waals surface area contributed by atoms with Crippen LogP contribution in [0.15, 0.2) is 72.8 Å². The van der Waals surface area contributed by atoms with E-state index in [-0.39, 0.29) is 12.3 Å². The number of nitrogens with one attached hydrogen (secondary N) is 2. The molecule has 0 fully saturated rings. The summed E-state index contributed by atoms with van der Waals surface area (Å²) in [6.07, 6.45) is 14.5. The minimum atomic E-state index is 0.0372. The zero-order valence-electron chi connectivity index (χ0n) is 25.3. The fraction of sp³-hybridized carbons (Fsp3) is 0.471. The third-order valence-corrected chi connectivity index (χ3v) is 8.06. The van der Waals surface area contributed by atoms with Crippen LogP contribution in [-0.2, 0) is 0 Å². The Morgan fingerprint density at radius 3 is 1.36 bits per heavy atom. The topological polar surface area (TPSA) is 85.5 Å². The highest BCUT2D eigenvalue weighted by Gasteiger charge is 2.18. The van der Waals surface area contributed by atoms with E-state index in [2.05, 4.69) is 93.6 Å². The molecular weight excluding hydrogens is 520 g/mol. The predicted octanol–water partition coefficient (Wildman–Crippen LogP) is 9.12. The molecule has 0 saturated carbocycles. The Kier molecular flexibility index (Phi) is 10.8. The van der Waals surface area contributed by atoms with E-state index in [0.29, 0.717) is 0 Å². The highest BCUT2D eigenvalue weighted by Crippen LogP contribution is 2.27. The number of rotatable bonds is 18. The van der Waals surface area contributed by atoms with Gasteiger partial charge in [-0.1, -0.05) is 99.9 Å². The molecule has 2 atom stereocenters. The Labute approximate surface area is 249 Å². The van der Waals surface area contributed by atoms with Gasteiger partial charge in [0.25, 0.3) is 0 Å². The molecule has 3 aromatic carbocycles. The molecule has 0 aliphatic heterocycles. The van der Waals surface area contributed by atoms with E-state index in [1.54, 1.807) is 0 Å². The summed E-state index contributed by atoms with van der Waals surface area (Å²) in [5.74, 6) is 0. The smallest absolute Gasteiger partial charge is 0.123 e. The lowest BCUT2D eigenvalue weighted by Crippen LogP contribution is -2.21. The van der Waals surface area contributed by atoms with Gasteiger partial charge in [0.05, 0.1) is 11.0 Å². The number of hydrogen-bond acceptors (Lipinski definition) is 6. The molecule has 0 bridgehead atoms. The monoisotopic (exact) mass is 566 g/mol. The summed E-state index contributed by atoms with van der Waals surface area (Å²) in [6, 6.07) is 25.0. The quantitative estimate of drug-likeness (QED) is 0.103. The SMILES string of the molecule is CCCCCCC[C@@H](Nc1ccc(N[C@H](CCCCCCC)n2nnc3ccccc32)cc1)n1nnc2ccccc21. The Morgan fingerprint density at radius 2 is 0.929 bits per heavy atom. The second kappa shape index (κ2) is 15.3. The van der Waals surface area contributed by atoms with E-state index < -0.39 is 0 Å². The van der Waals surface area contributed by atoms with Gasteiger partial charge in [0.1, 0.15) is 23.4 Å². The Morgan fingerprint density at radius 1 is 0.524 bits per heavy atom. The van der Waals surface area contributed by atoms with Crippen molar-refractivity contribution in [1.29, 1.82) is 0 Å². The number of fused-ring (bicyclic) bond motifs is 2. The van der Waals surface area contributed by atoms with Crippen molar-refractivity contribution >= 4 is 33.4 Å². The number of benzene rings is 3. The number of para-hydroxylation sites is 2. The maximum atomic E-state index is 4.54. The van der Waals surface area contributed by atoms with E-state index >= 15 is 0 Å². The minimum absolute atomic E-state index is 0.0372. The second-order valence-corrected chi connectivity index (χ2v) is 11.3. The van der Waals surface area contributed by atoms with Crippen molar-refractivity contribution in [2.45, 2.75) is 103 Å². The number of nitrogens with zero attached hydrogens (tertiary/aromatic N) is 6. The Balaban J connectivity index is 1.29. The molecule has 5 rings (SSSR count). The fourth-order valence-electron chi connectivity index (χ4n) is 5.68. The summed E-state index contributed by atoms with van der Waals surface area (Å²) in [5.41, 5.74) is 6.11. The van der Waals surface area contributed by atoms with E-state index in [9.17, 15) is 0 Å². The summed E-state index contributed by atoms with van der Waals surface area (Å²) in [6.45, 7) is 4.52. The Bertz CT molecular complexity index is 1380. The molecule has 0 aliphatic carbocycles. The lowest BCUT2D eigenvalue weighted by atomic mass is 10.1. The molecule has 0 amide bonds. The Hall–Kier alpha value is -3.94. The second-order valence-electron chi connectivity index (χ2n) is 11.3. The largest absolute Gasteiger partial charge is 0.364 e. The first kappa shape index (κ1) is 29.5. The third-order valence-electron chi connectivity index (χ3n) is 8.06. The molecular formula is C34H46N8. The van der Waals surface area contributed by atoms with Crippen LogP contribution in [0.2, 0.25) is 0 Å². The van der Waals surface area contributed by atoms with Gasteiger partial charge in [-0.2, -0.15) is 0 Å². The van der Waals surface area contributed by atoms with E-state index in [1.807, 2.05) is 33.6 Å². The molecule has 0 spiro atoms. The van der Waals surface area contributed by atoms with Crippen LogP contribution in [0, 0.1) is 0 Å². The predicted molar refractivity (Wildman–Crippen MR) is 174 cm³/mol. The number of hydrogen-bond donors (Lipinski definition) is 2. The first-order valence-electron chi connectivity index (χ1n) is 16.0. The highest BCUT2D eigenvalue weighted by atomic mass is 15.5. The molecule has 5 aromatic rings. The van der Waals surface area contributed by atoms with Crippen molar-refractivity contribution in [2.75, 3.05) is 10.6 Å². The van der Waals surface area contributed by atoms with Crippen molar-refractivity contribution in [1.82, 2.24) is 30.0 Å². The molecule has 0 unspecified atom stereocenters. The van der Waals surface area contributed by atoms with Crippen LogP contribution in [0.5, 0.6) is 0 Å². The zero-order valence-corrected chi connectivity index (χ0v) is 25.3. The van der Waals surface area contributed by atoms with Crippen LogP contribution in [-0.4, -0.2) is 30.0 Å². The molecule has 8 heteroatoms. The van der Waals surface area contributed by atoms with Gasteiger partial charge >= 0.3 is 0 Å². The summed E-state index contributed by atoms with van der Waals surface area (Å²) in [5, 5.41) is 25.4.